The number of carboxylic acids is 1. The van der Waals surface area contributed by atoms with Gasteiger partial charge in [-0.2, -0.15) is 0 Å². The monoisotopic (exact) mass is 278 g/mol. The second-order valence-corrected chi connectivity index (χ2v) is 4.65. The first kappa shape index (κ1) is 15.7. The zero-order valence-electron chi connectivity index (χ0n) is 11.6. The minimum absolute atomic E-state index is 0.0510. The SMILES string of the molecule is CC(=O)c1ccc(NC(=O)NC(C)C(C)C(=O)O)cc1. The summed E-state index contributed by atoms with van der Waals surface area (Å²) in [5.41, 5.74) is 1.09. The first-order valence-corrected chi connectivity index (χ1v) is 6.22. The second kappa shape index (κ2) is 6.70. The first-order chi connectivity index (χ1) is 9.31. The molecule has 0 aliphatic carbocycles. The molecule has 1 aromatic rings. The Hall–Kier alpha value is -2.37. The van der Waals surface area contributed by atoms with Gasteiger partial charge in [0.25, 0.3) is 0 Å². The van der Waals surface area contributed by atoms with Gasteiger partial charge in [0.1, 0.15) is 0 Å². The molecule has 20 heavy (non-hydrogen) atoms. The van der Waals surface area contributed by atoms with Gasteiger partial charge >= 0.3 is 12.0 Å². The third-order valence-electron chi connectivity index (χ3n) is 3.05. The van der Waals surface area contributed by atoms with Crippen molar-refractivity contribution in [1.82, 2.24) is 5.32 Å². The highest BCUT2D eigenvalue weighted by Gasteiger charge is 2.20. The van der Waals surface area contributed by atoms with E-state index in [-0.39, 0.29) is 5.78 Å². The Balaban J connectivity index is 2.58. The van der Waals surface area contributed by atoms with Crippen molar-refractivity contribution in [2.45, 2.75) is 26.8 Å². The summed E-state index contributed by atoms with van der Waals surface area (Å²) >= 11 is 0. The van der Waals surface area contributed by atoms with Gasteiger partial charge in [0, 0.05) is 17.3 Å². The molecule has 0 aliphatic heterocycles. The van der Waals surface area contributed by atoms with Gasteiger partial charge in [-0.1, -0.05) is 0 Å². The van der Waals surface area contributed by atoms with Crippen LogP contribution in [0, 0.1) is 5.92 Å². The van der Waals surface area contributed by atoms with E-state index in [1.54, 1.807) is 31.2 Å². The van der Waals surface area contributed by atoms with Gasteiger partial charge in [0.05, 0.1) is 5.92 Å². The molecular formula is C14H18N2O4. The molecule has 1 rings (SSSR count). The highest BCUT2D eigenvalue weighted by Crippen LogP contribution is 2.10. The van der Waals surface area contributed by atoms with Crippen LogP contribution in [0.2, 0.25) is 0 Å². The fraction of sp³-hybridized carbons (Fsp3) is 0.357. The standard InChI is InChI=1S/C14H18N2O4/c1-8(13(18)19)9(2)15-14(20)16-12-6-4-11(5-7-12)10(3)17/h4-9H,1-3H3,(H,18,19)(H2,15,16,20). The maximum absolute atomic E-state index is 11.7. The molecule has 0 bridgehead atoms. The van der Waals surface area contributed by atoms with Crippen LogP contribution in [-0.4, -0.2) is 28.9 Å². The molecule has 0 heterocycles. The van der Waals surface area contributed by atoms with Crippen LogP contribution < -0.4 is 10.6 Å². The van der Waals surface area contributed by atoms with Crippen molar-refractivity contribution >= 4 is 23.5 Å². The van der Waals surface area contributed by atoms with E-state index in [0.29, 0.717) is 11.3 Å². The molecule has 1 aromatic carbocycles. The van der Waals surface area contributed by atoms with Gasteiger partial charge < -0.3 is 15.7 Å². The summed E-state index contributed by atoms with van der Waals surface area (Å²) in [7, 11) is 0. The molecule has 2 atom stereocenters. The lowest BCUT2D eigenvalue weighted by molar-refractivity contribution is -0.141. The van der Waals surface area contributed by atoms with Gasteiger partial charge in [-0.05, 0) is 45.0 Å². The average Bonchev–Trinajstić information content (AvgIpc) is 2.37. The fourth-order valence-electron chi connectivity index (χ4n) is 1.50. The van der Waals surface area contributed by atoms with Gasteiger partial charge in [0.2, 0.25) is 0 Å². The van der Waals surface area contributed by atoms with Crippen molar-refractivity contribution in [2.75, 3.05) is 5.32 Å². The molecular weight excluding hydrogens is 260 g/mol. The number of aliphatic carboxylic acids is 1. The van der Waals surface area contributed by atoms with Crippen molar-refractivity contribution in [3.8, 4) is 0 Å². The van der Waals surface area contributed by atoms with Crippen LogP contribution in [-0.2, 0) is 4.79 Å². The van der Waals surface area contributed by atoms with Crippen molar-refractivity contribution < 1.29 is 19.5 Å². The summed E-state index contributed by atoms with van der Waals surface area (Å²) in [6.07, 6.45) is 0. The van der Waals surface area contributed by atoms with Gasteiger partial charge in [-0.25, -0.2) is 4.79 Å². The van der Waals surface area contributed by atoms with E-state index >= 15 is 0 Å². The topological polar surface area (TPSA) is 95.5 Å². The average molecular weight is 278 g/mol. The lowest BCUT2D eigenvalue weighted by atomic mass is 10.0. The predicted molar refractivity (Wildman–Crippen MR) is 74.9 cm³/mol. The van der Waals surface area contributed by atoms with Crippen LogP contribution >= 0.6 is 0 Å². The Bertz CT molecular complexity index is 510. The number of carbonyl (C=O) groups is 3. The molecule has 6 nitrogen and oxygen atoms in total. The molecule has 2 amide bonds. The van der Waals surface area contributed by atoms with Crippen molar-refractivity contribution in [2.24, 2.45) is 5.92 Å². The number of urea groups is 1. The van der Waals surface area contributed by atoms with Crippen LogP contribution in [0.4, 0.5) is 10.5 Å². The van der Waals surface area contributed by atoms with E-state index in [0.717, 1.165) is 0 Å². The molecule has 0 aliphatic rings. The van der Waals surface area contributed by atoms with Crippen molar-refractivity contribution in [3.63, 3.8) is 0 Å². The Kier molecular flexibility index (Phi) is 5.25. The Morgan fingerprint density at radius 2 is 1.65 bits per heavy atom. The van der Waals surface area contributed by atoms with Gasteiger partial charge in [-0.3, -0.25) is 9.59 Å². The number of hydrogen-bond donors (Lipinski definition) is 3. The molecule has 3 N–H and O–H groups in total. The van der Waals surface area contributed by atoms with E-state index in [2.05, 4.69) is 10.6 Å². The summed E-state index contributed by atoms with van der Waals surface area (Å²) in [6, 6.07) is 5.47. The summed E-state index contributed by atoms with van der Waals surface area (Å²) in [5.74, 6) is -1.70. The number of nitrogens with one attached hydrogen (secondary N) is 2. The molecule has 0 aromatic heterocycles. The van der Waals surface area contributed by atoms with E-state index in [1.165, 1.54) is 13.8 Å². The quantitative estimate of drug-likeness (QED) is 0.719. The summed E-state index contributed by atoms with van der Waals surface area (Å²) < 4.78 is 0. The normalized spacial score (nSPS) is 13.2. The van der Waals surface area contributed by atoms with Crippen molar-refractivity contribution in [3.05, 3.63) is 29.8 Å². The van der Waals surface area contributed by atoms with E-state index in [4.69, 9.17) is 5.11 Å². The molecule has 108 valence electrons. The largest absolute Gasteiger partial charge is 0.481 e. The minimum Gasteiger partial charge on any atom is -0.481 e. The molecule has 0 spiro atoms. The summed E-state index contributed by atoms with van der Waals surface area (Å²) in [4.78, 5) is 33.6. The van der Waals surface area contributed by atoms with E-state index in [1.807, 2.05) is 0 Å². The van der Waals surface area contributed by atoms with Crippen LogP contribution in [0.5, 0.6) is 0 Å². The van der Waals surface area contributed by atoms with Crippen LogP contribution in [0.15, 0.2) is 24.3 Å². The first-order valence-electron chi connectivity index (χ1n) is 6.22. The van der Waals surface area contributed by atoms with Crippen LogP contribution in [0.25, 0.3) is 0 Å². The Morgan fingerprint density at radius 3 is 2.10 bits per heavy atom. The minimum atomic E-state index is -0.969. The number of hydrogen-bond acceptors (Lipinski definition) is 3. The number of rotatable bonds is 5. The highest BCUT2D eigenvalue weighted by atomic mass is 16.4. The maximum atomic E-state index is 11.7. The zero-order valence-corrected chi connectivity index (χ0v) is 11.6. The van der Waals surface area contributed by atoms with Gasteiger partial charge in [-0.15, -0.1) is 0 Å². The summed E-state index contributed by atoms with van der Waals surface area (Å²) in [5, 5.41) is 14.0. The molecule has 0 fully saturated rings. The number of amides is 2. The van der Waals surface area contributed by atoms with Crippen LogP contribution in [0.3, 0.4) is 0 Å². The van der Waals surface area contributed by atoms with Crippen LogP contribution in [0.1, 0.15) is 31.1 Å². The number of carbonyl (C=O) groups excluding carboxylic acids is 2. The Labute approximate surface area is 117 Å². The molecule has 0 saturated carbocycles. The number of benzene rings is 1. The van der Waals surface area contributed by atoms with E-state index in [9.17, 15) is 14.4 Å². The molecule has 6 heteroatoms. The lowest BCUT2D eigenvalue weighted by Gasteiger charge is -2.18. The molecule has 2 unspecified atom stereocenters. The number of carboxylic acid groups (broad SMARTS) is 1. The number of ketones is 1. The predicted octanol–water partition coefficient (Wildman–Crippen LogP) is 2.12. The molecule has 0 radical (unpaired) electrons. The van der Waals surface area contributed by atoms with E-state index < -0.39 is 24.0 Å². The maximum Gasteiger partial charge on any atom is 0.319 e. The third-order valence-corrected chi connectivity index (χ3v) is 3.05. The number of Topliss-reactive ketones (excluding diaryl/α,β-unsaturated/α-hetero) is 1. The fourth-order valence-corrected chi connectivity index (χ4v) is 1.50. The second-order valence-electron chi connectivity index (χ2n) is 4.65. The smallest absolute Gasteiger partial charge is 0.319 e. The van der Waals surface area contributed by atoms with Crippen molar-refractivity contribution in [1.29, 1.82) is 0 Å². The highest BCUT2D eigenvalue weighted by molar-refractivity contribution is 5.95. The van der Waals surface area contributed by atoms with Gasteiger partial charge in [0.15, 0.2) is 5.78 Å². The Morgan fingerprint density at radius 1 is 1.10 bits per heavy atom. The third kappa shape index (κ3) is 4.38. The zero-order chi connectivity index (χ0) is 15.3. The lowest BCUT2D eigenvalue weighted by Crippen LogP contribution is -2.42. The summed E-state index contributed by atoms with van der Waals surface area (Å²) in [6.45, 7) is 4.61. The molecule has 0 saturated heterocycles. The number of anilines is 1.